The summed E-state index contributed by atoms with van der Waals surface area (Å²) in [5.74, 6) is 0.682. The number of benzene rings is 1. The van der Waals surface area contributed by atoms with Crippen molar-refractivity contribution < 1.29 is 9.53 Å². The Kier molecular flexibility index (Phi) is 6.61. The van der Waals surface area contributed by atoms with Gasteiger partial charge in [0.15, 0.2) is 0 Å². The summed E-state index contributed by atoms with van der Waals surface area (Å²) in [6.45, 7) is 3.59. The second-order valence-corrected chi connectivity index (χ2v) is 5.74. The van der Waals surface area contributed by atoms with Crippen LogP contribution < -0.4 is 15.0 Å². The van der Waals surface area contributed by atoms with Gasteiger partial charge < -0.3 is 15.0 Å². The first-order valence-corrected chi connectivity index (χ1v) is 8.21. The second kappa shape index (κ2) is 8.91. The van der Waals surface area contributed by atoms with Crippen molar-refractivity contribution in [3.05, 3.63) is 53.9 Å². The van der Waals surface area contributed by atoms with Gasteiger partial charge in [-0.05, 0) is 30.2 Å². The lowest BCUT2D eigenvalue weighted by molar-refractivity contribution is 0.0950. The molecule has 5 heteroatoms. The Morgan fingerprint density at radius 2 is 2.00 bits per heavy atom. The third-order valence-corrected chi connectivity index (χ3v) is 3.89. The smallest absolute Gasteiger partial charge is 0.253 e. The van der Waals surface area contributed by atoms with E-state index in [2.05, 4.69) is 22.1 Å². The number of rotatable bonds is 8. The van der Waals surface area contributed by atoms with Gasteiger partial charge in [0.1, 0.15) is 5.75 Å². The molecule has 0 fully saturated rings. The summed E-state index contributed by atoms with van der Waals surface area (Å²) >= 11 is 0. The van der Waals surface area contributed by atoms with Crippen molar-refractivity contribution in [2.45, 2.75) is 26.3 Å². The minimum atomic E-state index is -0.121. The first-order chi connectivity index (χ1) is 11.6. The average molecular weight is 327 g/mol. The van der Waals surface area contributed by atoms with Gasteiger partial charge in [-0.2, -0.15) is 0 Å². The molecule has 0 unspecified atom stereocenters. The Labute approximate surface area is 143 Å². The molecule has 0 bridgehead atoms. The van der Waals surface area contributed by atoms with E-state index in [-0.39, 0.29) is 5.91 Å². The van der Waals surface area contributed by atoms with Crippen LogP contribution in [0.5, 0.6) is 5.75 Å². The number of aromatic nitrogens is 1. The van der Waals surface area contributed by atoms with E-state index in [1.807, 2.05) is 37.4 Å². The van der Waals surface area contributed by atoms with Crippen LogP contribution in [-0.4, -0.2) is 31.6 Å². The van der Waals surface area contributed by atoms with Crippen molar-refractivity contribution in [1.29, 1.82) is 0 Å². The number of amides is 1. The predicted molar refractivity (Wildman–Crippen MR) is 96.6 cm³/mol. The third kappa shape index (κ3) is 4.98. The number of hydrogen-bond acceptors (Lipinski definition) is 4. The maximum atomic E-state index is 12.3. The molecule has 1 amide bonds. The van der Waals surface area contributed by atoms with Crippen LogP contribution in [-0.2, 0) is 6.54 Å². The lowest BCUT2D eigenvalue weighted by Crippen LogP contribution is -2.24. The number of nitrogens with zero attached hydrogens (tertiary/aromatic N) is 2. The number of nitrogens with one attached hydrogen (secondary N) is 1. The Morgan fingerprint density at radius 3 is 2.67 bits per heavy atom. The lowest BCUT2D eigenvalue weighted by Gasteiger charge is -2.19. The van der Waals surface area contributed by atoms with Crippen molar-refractivity contribution in [2.75, 3.05) is 25.6 Å². The van der Waals surface area contributed by atoms with Crippen molar-refractivity contribution in [2.24, 2.45) is 0 Å². The SMILES string of the molecule is CCCCN(C)c1cncc(C(=O)NCc2ccc(OC)cc2)c1. The van der Waals surface area contributed by atoms with E-state index >= 15 is 0 Å². The molecule has 0 aliphatic rings. The average Bonchev–Trinajstić information content (AvgIpc) is 2.64. The van der Waals surface area contributed by atoms with E-state index in [4.69, 9.17) is 4.74 Å². The summed E-state index contributed by atoms with van der Waals surface area (Å²) in [5, 5.41) is 2.92. The van der Waals surface area contributed by atoms with E-state index in [1.54, 1.807) is 19.5 Å². The van der Waals surface area contributed by atoms with Crippen LogP contribution in [0, 0.1) is 0 Å². The molecule has 0 saturated heterocycles. The molecule has 2 rings (SSSR count). The minimum absolute atomic E-state index is 0.121. The molecular weight excluding hydrogens is 302 g/mol. The Morgan fingerprint density at radius 1 is 1.25 bits per heavy atom. The van der Waals surface area contributed by atoms with E-state index in [0.717, 1.165) is 36.4 Å². The van der Waals surface area contributed by atoms with Gasteiger partial charge in [-0.15, -0.1) is 0 Å². The Bertz CT molecular complexity index is 656. The summed E-state index contributed by atoms with van der Waals surface area (Å²) in [6, 6.07) is 9.52. The predicted octanol–water partition coefficient (Wildman–Crippen LogP) is 3.26. The molecule has 2 aromatic rings. The number of carbonyl (C=O) groups is 1. The maximum Gasteiger partial charge on any atom is 0.253 e. The number of ether oxygens (including phenoxy) is 1. The first-order valence-electron chi connectivity index (χ1n) is 8.21. The summed E-state index contributed by atoms with van der Waals surface area (Å²) in [6.07, 6.45) is 5.64. The fraction of sp³-hybridized carbons (Fsp3) is 0.368. The molecule has 0 saturated carbocycles. The van der Waals surface area contributed by atoms with Gasteiger partial charge in [-0.25, -0.2) is 0 Å². The number of unbranched alkanes of at least 4 members (excludes halogenated alkanes) is 1. The van der Waals surface area contributed by atoms with Gasteiger partial charge in [-0.1, -0.05) is 25.5 Å². The molecule has 0 aliphatic heterocycles. The van der Waals surface area contributed by atoms with Crippen LogP contribution in [0.4, 0.5) is 5.69 Å². The van der Waals surface area contributed by atoms with Gasteiger partial charge in [0.2, 0.25) is 0 Å². The number of anilines is 1. The van der Waals surface area contributed by atoms with E-state index in [1.165, 1.54) is 0 Å². The highest BCUT2D eigenvalue weighted by molar-refractivity contribution is 5.94. The largest absolute Gasteiger partial charge is 0.497 e. The first kappa shape index (κ1) is 17.8. The summed E-state index contributed by atoms with van der Waals surface area (Å²) in [4.78, 5) is 18.7. The molecule has 1 N–H and O–H groups in total. The Hall–Kier alpha value is -2.56. The monoisotopic (exact) mass is 327 g/mol. The zero-order valence-corrected chi connectivity index (χ0v) is 14.6. The molecule has 128 valence electrons. The van der Waals surface area contributed by atoms with E-state index in [9.17, 15) is 4.79 Å². The molecule has 0 atom stereocenters. The van der Waals surface area contributed by atoms with E-state index in [0.29, 0.717) is 12.1 Å². The number of methoxy groups -OCH3 is 1. The van der Waals surface area contributed by atoms with Crippen LogP contribution >= 0.6 is 0 Å². The van der Waals surface area contributed by atoms with Gasteiger partial charge >= 0.3 is 0 Å². The normalized spacial score (nSPS) is 10.3. The zero-order valence-electron chi connectivity index (χ0n) is 14.6. The van der Waals surface area contributed by atoms with Crippen molar-refractivity contribution in [1.82, 2.24) is 10.3 Å². The second-order valence-electron chi connectivity index (χ2n) is 5.74. The van der Waals surface area contributed by atoms with Crippen molar-refractivity contribution >= 4 is 11.6 Å². The fourth-order valence-corrected chi connectivity index (χ4v) is 2.31. The quantitative estimate of drug-likeness (QED) is 0.808. The third-order valence-electron chi connectivity index (χ3n) is 3.89. The van der Waals surface area contributed by atoms with Gasteiger partial charge in [-0.3, -0.25) is 9.78 Å². The summed E-state index contributed by atoms with van der Waals surface area (Å²) in [7, 11) is 3.65. The van der Waals surface area contributed by atoms with Crippen LogP contribution in [0.2, 0.25) is 0 Å². The zero-order chi connectivity index (χ0) is 17.4. The molecule has 0 aliphatic carbocycles. The molecule has 1 heterocycles. The topological polar surface area (TPSA) is 54.5 Å². The Balaban J connectivity index is 1.96. The van der Waals surface area contributed by atoms with Gasteiger partial charge in [0.05, 0.1) is 24.6 Å². The molecule has 1 aromatic heterocycles. The number of pyridine rings is 1. The summed E-state index contributed by atoms with van der Waals surface area (Å²) < 4.78 is 5.13. The highest BCUT2D eigenvalue weighted by atomic mass is 16.5. The summed E-state index contributed by atoms with van der Waals surface area (Å²) in [5.41, 5.74) is 2.55. The van der Waals surface area contributed by atoms with Crippen LogP contribution in [0.3, 0.4) is 0 Å². The van der Waals surface area contributed by atoms with Gasteiger partial charge in [0.25, 0.3) is 5.91 Å². The molecule has 0 spiro atoms. The van der Waals surface area contributed by atoms with Crippen LogP contribution in [0.1, 0.15) is 35.7 Å². The molecule has 1 aromatic carbocycles. The van der Waals surface area contributed by atoms with Crippen LogP contribution in [0.15, 0.2) is 42.7 Å². The molecular formula is C19H25N3O2. The highest BCUT2D eigenvalue weighted by Crippen LogP contribution is 2.14. The highest BCUT2D eigenvalue weighted by Gasteiger charge is 2.09. The minimum Gasteiger partial charge on any atom is -0.497 e. The van der Waals surface area contributed by atoms with Crippen molar-refractivity contribution in [3.8, 4) is 5.75 Å². The molecule has 5 nitrogen and oxygen atoms in total. The van der Waals surface area contributed by atoms with Gasteiger partial charge in [0, 0.05) is 26.3 Å². The van der Waals surface area contributed by atoms with Crippen LogP contribution in [0.25, 0.3) is 0 Å². The van der Waals surface area contributed by atoms with Crippen molar-refractivity contribution in [3.63, 3.8) is 0 Å². The fourth-order valence-electron chi connectivity index (χ4n) is 2.31. The number of carbonyl (C=O) groups excluding carboxylic acids is 1. The lowest BCUT2D eigenvalue weighted by atomic mass is 10.2. The van der Waals surface area contributed by atoms with E-state index < -0.39 is 0 Å². The molecule has 0 radical (unpaired) electrons. The number of hydrogen-bond donors (Lipinski definition) is 1. The standard InChI is InChI=1S/C19H25N3O2/c1-4-5-10-22(2)17-11-16(13-20-14-17)19(23)21-12-15-6-8-18(24-3)9-7-15/h6-9,11,13-14H,4-5,10,12H2,1-3H3,(H,21,23). The maximum absolute atomic E-state index is 12.3. The molecule has 24 heavy (non-hydrogen) atoms.